The Morgan fingerprint density at radius 3 is 1.56 bits per heavy atom. The summed E-state index contributed by atoms with van der Waals surface area (Å²) in [5.74, 6) is 0.938. The fourth-order valence-corrected chi connectivity index (χ4v) is 5.95. The minimum absolute atomic E-state index is 0.703. The van der Waals surface area contributed by atoms with Crippen LogP contribution < -0.4 is 16.2 Å². The monoisotopic (exact) mass is 584 g/mol. The molecule has 0 amide bonds. The molecule has 0 fully saturated rings. The van der Waals surface area contributed by atoms with E-state index in [0.717, 1.165) is 64.5 Å². The zero-order chi connectivity index (χ0) is 23.8. The van der Waals surface area contributed by atoms with Crippen LogP contribution in [0.15, 0.2) is 51.4 Å². The fourth-order valence-electron chi connectivity index (χ4n) is 5.23. The normalized spacial score (nSPS) is 12.0. The van der Waals surface area contributed by atoms with Crippen molar-refractivity contribution in [1.82, 2.24) is 9.13 Å². The van der Waals surface area contributed by atoms with Gasteiger partial charge in [-0.2, -0.15) is 0 Å². The lowest BCUT2D eigenvalue weighted by atomic mass is 10.1. The SMILES string of the molecule is COc1c2c(cc3c4cc(Br)ccc4n(CCCCN)c13)c1cc(Br)ccc1n2CCCCN. The number of aryl methyl sites for hydroxylation is 2. The van der Waals surface area contributed by atoms with Crippen LogP contribution in [0.4, 0.5) is 0 Å². The molecule has 3 aromatic carbocycles. The number of hydrogen-bond acceptors (Lipinski definition) is 3. The van der Waals surface area contributed by atoms with Gasteiger partial charge in [-0.3, -0.25) is 0 Å². The van der Waals surface area contributed by atoms with Gasteiger partial charge in [-0.15, -0.1) is 0 Å². The molecule has 2 aromatic heterocycles. The summed E-state index contributed by atoms with van der Waals surface area (Å²) in [4.78, 5) is 0. The molecule has 0 aliphatic carbocycles. The first kappa shape index (κ1) is 23.7. The van der Waals surface area contributed by atoms with Crippen molar-refractivity contribution in [3.63, 3.8) is 0 Å². The summed E-state index contributed by atoms with van der Waals surface area (Å²) in [7, 11) is 1.80. The highest BCUT2D eigenvalue weighted by Gasteiger charge is 2.23. The summed E-state index contributed by atoms with van der Waals surface area (Å²) in [6.45, 7) is 3.21. The van der Waals surface area contributed by atoms with Gasteiger partial charge in [0.05, 0.1) is 18.1 Å². The van der Waals surface area contributed by atoms with E-state index >= 15 is 0 Å². The van der Waals surface area contributed by atoms with Gasteiger partial charge in [-0.1, -0.05) is 31.9 Å². The van der Waals surface area contributed by atoms with E-state index in [2.05, 4.69) is 83.5 Å². The molecule has 0 atom stereocenters. The number of aromatic nitrogens is 2. The summed E-state index contributed by atoms with van der Waals surface area (Å²) in [6, 6.07) is 15.4. The minimum atomic E-state index is 0.703. The second kappa shape index (κ2) is 9.90. The van der Waals surface area contributed by atoms with Gasteiger partial charge in [0.15, 0.2) is 5.75 Å². The Hall–Kier alpha value is -2.06. The molecule has 0 radical (unpaired) electrons. The van der Waals surface area contributed by atoms with E-state index in [4.69, 9.17) is 16.2 Å². The van der Waals surface area contributed by atoms with Crippen LogP contribution in [0.5, 0.6) is 5.75 Å². The van der Waals surface area contributed by atoms with Crippen molar-refractivity contribution in [2.75, 3.05) is 20.2 Å². The van der Waals surface area contributed by atoms with Crippen LogP contribution in [-0.4, -0.2) is 29.3 Å². The molecule has 4 N–H and O–H groups in total. The number of hydrogen-bond donors (Lipinski definition) is 2. The van der Waals surface area contributed by atoms with Gasteiger partial charge in [0.25, 0.3) is 0 Å². The molecule has 0 saturated carbocycles. The van der Waals surface area contributed by atoms with Crippen molar-refractivity contribution in [3.05, 3.63) is 51.4 Å². The van der Waals surface area contributed by atoms with Crippen LogP contribution in [0, 0.1) is 0 Å². The van der Waals surface area contributed by atoms with Crippen molar-refractivity contribution in [2.24, 2.45) is 11.5 Å². The predicted molar refractivity (Wildman–Crippen MR) is 151 cm³/mol. The first-order valence-electron chi connectivity index (χ1n) is 11.9. The summed E-state index contributed by atoms with van der Waals surface area (Å²) in [5, 5.41) is 4.90. The molecule has 5 rings (SSSR count). The van der Waals surface area contributed by atoms with Gasteiger partial charge in [0.1, 0.15) is 0 Å². The Kier molecular flexibility index (Phi) is 6.89. The molecule has 0 spiro atoms. The van der Waals surface area contributed by atoms with Gasteiger partial charge in [-0.25, -0.2) is 0 Å². The summed E-state index contributed by atoms with van der Waals surface area (Å²) in [6.07, 6.45) is 4.05. The third kappa shape index (κ3) is 3.92. The van der Waals surface area contributed by atoms with E-state index < -0.39 is 0 Å². The Balaban J connectivity index is 1.91. The van der Waals surface area contributed by atoms with Gasteiger partial charge in [-0.05, 0) is 81.2 Å². The van der Waals surface area contributed by atoms with Gasteiger partial charge >= 0.3 is 0 Å². The van der Waals surface area contributed by atoms with Crippen molar-refractivity contribution >= 4 is 75.5 Å². The summed E-state index contributed by atoms with van der Waals surface area (Å²) >= 11 is 7.38. The lowest BCUT2D eigenvalue weighted by Crippen LogP contribution is -2.05. The van der Waals surface area contributed by atoms with E-state index in [1.807, 2.05) is 0 Å². The number of methoxy groups -OCH3 is 1. The first-order chi connectivity index (χ1) is 16.6. The van der Waals surface area contributed by atoms with E-state index in [9.17, 15) is 0 Å². The highest BCUT2D eigenvalue weighted by molar-refractivity contribution is 9.10. The molecule has 5 nitrogen and oxygen atoms in total. The largest absolute Gasteiger partial charge is 0.492 e. The second-order valence-corrected chi connectivity index (χ2v) is 10.7. The van der Waals surface area contributed by atoms with Crippen LogP contribution in [0.1, 0.15) is 25.7 Å². The number of benzene rings is 3. The number of nitrogens with two attached hydrogens (primary N) is 2. The Bertz CT molecular complexity index is 1390. The van der Waals surface area contributed by atoms with E-state index in [0.29, 0.717) is 13.1 Å². The molecule has 34 heavy (non-hydrogen) atoms. The molecular weight excluding hydrogens is 556 g/mol. The van der Waals surface area contributed by atoms with Crippen LogP contribution in [-0.2, 0) is 13.1 Å². The van der Waals surface area contributed by atoms with Crippen molar-refractivity contribution in [1.29, 1.82) is 0 Å². The number of ether oxygens (including phenoxy) is 1. The average molecular weight is 586 g/mol. The van der Waals surface area contributed by atoms with E-state index in [1.165, 1.54) is 32.6 Å². The van der Waals surface area contributed by atoms with Gasteiger partial charge < -0.3 is 25.3 Å². The molecule has 5 aromatic rings. The minimum Gasteiger partial charge on any atom is -0.492 e. The number of unbranched alkanes of at least 4 members (excludes halogenated alkanes) is 2. The van der Waals surface area contributed by atoms with Crippen molar-refractivity contribution < 1.29 is 4.74 Å². The highest BCUT2D eigenvalue weighted by Crippen LogP contribution is 2.45. The lowest BCUT2D eigenvalue weighted by molar-refractivity contribution is 0.419. The summed E-state index contributed by atoms with van der Waals surface area (Å²) < 4.78 is 13.2. The third-order valence-corrected chi connectivity index (χ3v) is 7.71. The van der Waals surface area contributed by atoms with E-state index in [1.54, 1.807) is 7.11 Å². The Morgan fingerprint density at radius 2 is 1.15 bits per heavy atom. The highest BCUT2D eigenvalue weighted by atomic mass is 79.9. The predicted octanol–water partition coefficient (Wildman–Crippen LogP) is 6.91. The average Bonchev–Trinajstić information content (AvgIpc) is 3.30. The fraction of sp³-hybridized carbons (Fsp3) is 0.333. The molecule has 0 aliphatic heterocycles. The Labute approximate surface area is 216 Å². The number of nitrogens with zero attached hydrogens (tertiary/aromatic N) is 2. The molecular formula is C27H30Br2N4O. The molecule has 2 heterocycles. The lowest BCUT2D eigenvalue weighted by Gasteiger charge is -2.14. The van der Waals surface area contributed by atoms with Crippen LogP contribution in [0.3, 0.4) is 0 Å². The number of rotatable bonds is 9. The zero-order valence-corrected chi connectivity index (χ0v) is 22.6. The van der Waals surface area contributed by atoms with Gasteiger partial charge in [0.2, 0.25) is 0 Å². The quantitative estimate of drug-likeness (QED) is 0.185. The Morgan fingerprint density at radius 1 is 0.676 bits per heavy atom. The summed E-state index contributed by atoms with van der Waals surface area (Å²) in [5.41, 5.74) is 16.4. The molecule has 0 saturated heterocycles. The maximum Gasteiger partial charge on any atom is 0.167 e. The van der Waals surface area contributed by atoms with Crippen molar-refractivity contribution in [2.45, 2.75) is 38.8 Å². The van der Waals surface area contributed by atoms with Crippen LogP contribution in [0.25, 0.3) is 43.6 Å². The van der Waals surface area contributed by atoms with Crippen molar-refractivity contribution in [3.8, 4) is 5.75 Å². The topological polar surface area (TPSA) is 71.1 Å². The molecule has 178 valence electrons. The van der Waals surface area contributed by atoms with Gasteiger partial charge in [0, 0.05) is 54.6 Å². The second-order valence-electron chi connectivity index (χ2n) is 8.82. The first-order valence-corrected chi connectivity index (χ1v) is 13.5. The molecule has 0 bridgehead atoms. The van der Waals surface area contributed by atoms with E-state index in [-0.39, 0.29) is 0 Å². The number of halogens is 2. The smallest absolute Gasteiger partial charge is 0.167 e. The number of fused-ring (bicyclic) bond motifs is 6. The standard InChI is InChI=1S/C27H30Br2N4O/c1-34-27-25-21(19-14-17(28)6-8-23(19)32(25)12-4-2-10-30)16-22-20-15-18(29)7-9-24(20)33(26(22)27)13-5-3-11-31/h6-9,14-16H,2-5,10-13,30-31H2,1H3. The van der Waals surface area contributed by atoms with Crippen LogP contribution in [0.2, 0.25) is 0 Å². The maximum atomic E-state index is 6.24. The molecule has 0 aliphatic rings. The zero-order valence-electron chi connectivity index (χ0n) is 19.4. The third-order valence-electron chi connectivity index (χ3n) is 6.72. The van der Waals surface area contributed by atoms with Crippen LogP contribution >= 0.6 is 31.9 Å². The molecule has 0 unspecified atom stereocenters. The maximum absolute atomic E-state index is 6.24. The molecule has 7 heteroatoms.